The number of ether oxygens (including phenoxy) is 2. The number of aryl methyl sites for hydroxylation is 1. The number of hydrogen-bond acceptors (Lipinski definition) is 9. The van der Waals surface area contributed by atoms with Gasteiger partial charge in [0.2, 0.25) is 0 Å². The van der Waals surface area contributed by atoms with Crippen molar-refractivity contribution in [1.29, 1.82) is 0 Å². The quantitative estimate of drug-likeness (QED) is 0.319. The third-order valence-corrected chi connectivity index (χ3v) is 6.28. The second-order valence-corrected chi connectivity index (χ2v) is 8.93. The number of hydrogen-bond donors (Lipinski definition) is 0. The lowest BCUT2D eigenvalue weighted by Crippen LogP contribution is -2.38. The van der Waals surface area contributed by atoms with Gasteiger partial charge in [0.1, 0.15) is 6.61 Å². The van der Waals surface area contributed by atoms with Crippen molar-refractivity contribution < 1.29 is 9.47 Å². The minimum atomic E-state index is 0.571. The van der Waals surface area contributed by atoms with E-state index in [1.54, 1.807) is 27.8 Å². The first-order valence-corrected chi connectivity index (χ1v) is 12.3. The third-order valence-electron chi connectivity index (χ3n) is 6.28. The van der Waals surface area contributed by atoms with Gasteiger partial charge in [0, 0.05) is 50.4 Å². The molecule has 0 unspecified atom stereocenters. The van der Waals surface area contributed by atoms with Crippen LogP contribution in [0.1, 0.15) is 11.4 Å². The summed E-state index contributed by atoms with van der Waals surface area (Å²) in [6.45, 7) is 4.92. The summed E-state index contributed by atoms with van der Waals surface area (Å²) in [5.74, 6) is 2.06. The van der Waals surface area contributed by atoms with Crippen LogP contribution < -0.4 is 4.74 Å². The van der Waals surface area contributed by atoms with Gasteiger partial charge < -0.3 is 9.47 Å². The fourth-order valence-corrected chi connectivity index (χ4v) is 4.31. The van der Waals surface area contributed by atoms with Gasteiger partial charge in [-0.2, -0.15) is 14.7 Å². The molecule has 0 aliphatic carbocycles. The minimum Gasteiger partial charge on any atom is -0.489 e. The first kappa shape index (κ1) is 23.2. The van der Waals surface area contributed by atoms with Crippen LogP contribution in [0.15, 0.2) is 61.2 Å². The van der Waals surface area contributed by atoms with Crippen LogP contribution in [0.4, 0.5) is 0 Å². The Morgan fingerprint density at radius 2 is 1.84 bits per heavy atom. The molecule has 5 heterocycles. The van der Waals surface area contributed by atoms with Crippen LogP contribution in [0, 0.1) is 0 Å². The van der Waals surface area contributed by atoms with Crippen molar-refractivity contribution in [3.05, 3.63) is 72.6 Å². The molecule has 6 rings (SSSR count). The van der Waals surface area contributed by atoms with Gasteiger partial charge in [-0.1, -0.05) is 18.2 Å². The monoisotopic (exact) mass is 497 g/mol. The van der Waals surface area contributed by atoms with E-state index in [4.69, 9.17) is 14.6 Å². The Morgan fingerprint density at radius 3 is 2.65 bits per heavy atom. The van der Waals surface area contributed by atoms with E-state index in [0.29, 0.717) is 30.2 Å². The highest BCUT2D eigenvalue weighted by molar-refractivity contribution is 5.59. The van der Waals surface area contributed by atoms with Gasteiger partial charge in [0.05, 0.1) is 37.5 Å². The Morgan fingerprint density at radius 1 is 0.973 bits per heavy atom. The molecule has 188 valence electrons. The lowest BCUT2D eigenvalue weighted by Gasteiger charge is -2.26. The molecule has 0 amide bonds. The molecule has 0 bridgehead atoms. The molecule has 1 fully saturated rings. The first-order chi connectivity index (χ1) is 18.2. The lowest BCUT2D eigenvalue weighted by molar-refractivity contribution is 0.0322. The number of rotatable bonds is 8. The molecular weight excluding hydrogens is 470 g/mol. The Labute approximate surface area is 213 Å². The maximum Gasteiger partial charge on any atom is 0.177 e. The van der Waals surface area contributed by atoms with Crippen LogP contribution in [0.3, 0.4) is 0 Å². The van der Waals surface area contributed by atoms with Gasteiger partial charge in [-0.15, -0.1) is 10.2 Å². The Balaban J connectivity index is 1.14. The summed E-state index contributed by atoms with van der Waals surface area (Å²) in [4.78, 5) is 11.4. The molecule has 0 saturated carbocycles. The van der Waals surface area contributed by atoms with Crippen molar-refractivity contribution in [2.75, 3.05) is 39.5 Å². The number of nitrogens with zero attached hydrogens (tertiary/aromatic N) is 9. The molecular formula is C26H27N9O2. The van der Waals surface area contributed by atoms with Crippen molar-refractivity contribution in [3.63, 3.8) is 0 Å². The minimum absolute atomic E-state index is 0.571. The van der Waals surface area contributed by atoms with E-state index in [2.05, 4.69) is 42.3 Å². The Kier molecular flexibility index (Phi) is 6.53. The molecule has 37 heavy (non-hydrogen) atoms. The molecule has 11 heteroatoms. The molecule has 1 aromatic carbocycles. The SMILES string of the molecule is Cn1cc(-c2ccc3nnc(Cc4cccc(-c5ncc(OCCN6CCOCC6)cn5)c4)n3n2)cn1. The normalized spacial score (nSPS) is 14.3. The fourth-order valence-electron chi connectivity index (χ4n) is 4.31. The van der Waals surface area contributed by atoms with E-state index in [0.717, 1.165) is 61.1 Å². The van der Waals surface area contributed by atoms with Gasteiger partial charge >= 0.3 is 0 Å². The zero-order chi connectivity index (χ0) is 25.0. The molecule has 0 atom stereocenters. The molecule has 11 nitrogen and oxygen atoms in total. The van der Waals surface area contributed by atoms with E-state index in [1.807, 2.05) is 37.5 Å². The van der Waals surface area contributed by atoms with Crippen molar-refractivity contribution >= 4 is 5.65 Å². The standard InChI is InChI=1S/C26H27N9O2/c1-33-18-21(15-29-33)23-5-6-24-30-31-25(35(24)32-23)14-19-3-2-4-20(13-19)26-27-16-22(17-28-26)37-12-9-34-7-10-36-11-8-34/h2-6,13,15-18H,7-12,14H2,1H3. The predicted octanol–water partition coefficient (Wildman–Crippen LogP) is 2.28. The van der Waals surface area contributed by atoms with Crippen LogP contribution in [0.5, 0.6) is 5.75 Å². The van der Waals surface area contributed by atoms with E-state index in [1.165, 1.54) is 0 Å². The van der Waals surface area contributed by atoms with Gasteiger partial charge in [0.25, 0.3) is 0 Å². The van der Waals surface area contributed by atoms with Crippen LogP contribution in [0.25, 0.3) is 28.3 Å². The molecule has 0 radical (unpaired) electrons. The van der Waals surface area contributed by atoms with Crippen molar-refractivity contribution in [2.45, 2.75) is 6.42 Å². The van der Waals surface area contributed by atoms with Crippen LogP contribution in [0.2, 0.25) is 0 Å². The van der Waals surface area contributed by atoms with Gasteiger partial charge in [-0.3, -0.25) is 9.58 Å². The lowest BCUT2D eigenvalue weighted by atomic mass is 10.1. The fraction of sp³-hybridized carbons (Fsp3) is 0.308. The molecule has 0 spiro atoms. The number of morpholine rings is 1. The molecule has 5 aromatic rings. The van der Waals surface area contributed by atoms with E-state index < -0.39 is 0 Å². The van der Waals surface area contributed by atoms with Crippen LogP contribution >= 0.6 is 0 Å². The number of aromatic nitrogens is 8. The second kappa shape index (κ2) is 10.4. The second-order valence-electron chi connectivity index (χ2n) is 8.93. The Bertz CT molecular complexity index is 1490. The van der Waals surface area contributed by atoms with Gasteiger partial charge in [-0.05, 0) is 23.8 Å². The number of fused-ring (bicyclic) bond motifs is 1. The maximum atomic E-state index is 5.84. The highest BCUT2D eigenvalue weighted by Crippen LogP contribution is 2.21. The van der Waals surface area contributed by atoms with Gasteiger partial charge in [0.15, 0.2) is 23.0 Å². The molecule has 0 N–H and O–H groups in total. The van der Waals surface area contributed by atoms with Crippen LogP contribution in [-0.4, -0.2) is 83.9 Å². The zero-order valence-electron chi connectivity index (χ0n) is 20.6. The maximum absolute atomic E-state index is 5.84. The summed E-state index contributed by atoms with van der Waals surface area (Å²) in [6, 6.07) is 12.0. The predicted molar refractivity (Wildman–Crippen MR) is 136 cm³/mol. The average molecular weight is 498 g/mol. The summed E-state index contributed by atoms with van der Waals surface area (Å²) in [7, 11) is 1.89. The van der Waals surface area contributed by atoms with E-state index in [9.17, 15) is 0 Å². The van der Waals surface area contributed by atoms with Crippen molar-refractivity contribution in [3.8, 4) is 28.4 Å². The summed E-state index contributed by atoms with van der Waals surface area (Å²) < 4.78 is 14.8. The largest absolute Gasteiger partial charge is 0.489 e. The average Bonchev–Trinajstić information content (AvgIpc) is 3.55. The topological polar surface area (TPSA) is 108 Å². The van der Waals surface area contributed by atoms with Crippen LogP contribution in [-0.2, 0) is 18.2 Å². The highest BCUT2D eigenvalue weighted by Gasteiger charge is 2.13. The van der Waals surface area contributed by atoms with E-state index >= 15 is 0 Å². The number of benzene rings is 1. The summed E-state index contributed by atoms with van der Waals surface area (Å²) in [5, 5.41) is 17.6. The Hall–Kier alpha value is -4.22. The highest BCUT2D eigenvalue weighted by atomic mass is 16.5. The van der Waals surface area contributed by atoms with Crippen molar-refractivity contribution in [2.24, 2.45) is 7.05 Å². The molecule has 4 aromatic heterocycles. The summed E-state index contributed by atoms with van der Waals surface area (Å²) in [5.41, 5.74) is 4.45. The zero-order valence-corrected chi connectivity index (χ0v) is 20.6. The third kappa shape index (κ3) is 5.32. The molecule has 1 aliphatic rings. The summed E-state index contributed by atoms with van der Waals surface area (Å²) in [6.07, 6.45) is 7.75. The van der Waals surface area contributed by atoms with Gasteiger partial charge in [-0.25, -0.2) is 9.97 Å². The molecule has 1 saturated heterocycles. The summed E-state index contributed by atoms with van der Waals surface area (Å²) >= 11 is 0. The smallest absolute Gasteiger partial charge is 0.177 e. The molecule has 1 aliphatic heterocycles. The first-order valence-electron chi connectivity index (χ1n) is 12.3. The van der Waals surface area contributed by atoms with Crippen molar-refractivity contribution in [1.82, 2.24) is 44.5 Å². The van der Waals surface area contributed by atoms with E-state index in [-0.39, 0.29) is 0 Å².